The van der Waals surface area contributed by atoms with Crippen LogP contribution in [0.15, 0.2) is 49.1 Å². The molecular formula is C32H57NO2. The van der Waals surface area contributed by atoms with E-state index in [0.717, 1.165) is 51.7 Å². The summed E-state index contributed by atoms with van der Waals surface area (Å²) < 4.78 is 12.9. The fourth-order valence-electron chi connectivity index (χ4n) is 4.53. The first-order chi connectivity index (χ1) is 17.1. The first-order valence-electron chi connectivity index (χ1n) is 14.6. The van der Waals surface area contributed by atoms with E-state index in [1.54, 1.807) is 0 Å². The molecule has 0 aromatic heterocycles. The molecule has 0 saturated carbocycles. The summed E-state index contributed by atoms with van der Waals surface area (Å²) in [6.07, 6.45) is 36.2. The zero-order valence-electron chi connectivity index (χ0n) is 23.5. The molecule has 1 fully saturated rings. The molecule has 0 spiro atoms. The van der Waals surface area contributed by atoms with Crippen molar-refractivity contribution in [1.29, 1.82) is 0 Å². The summed E-state index contributed by atoms with van der Waals surface area (Å²) in [5.41, 5.74) is 0. The van der Waals surface area contributed by atoms with Gasteiger partial charge in [-0.3, -0.25) is 0 Å². The van der Waals surface area contributed by atoms with Crippen molar-refractivity contribution in [3.05, 3.63) is 49.1 Å². The van der Waals surface area contributed by atoms with Crippen molar-refractivity contribution in [2.24, 2.45) is 0 Å². The summed E-state index contributed by atoms with van der Waals surface area (Å²) in [6.45, 7) is 7.91. The lowest BCUT2D eigenvalue weighted by Crippen LogP contribution is -2.31. The smallest absolute Gasteiger partial charge is 0.168 e. The number of allylic oxidation sites excluding steroid dienone is 7. The number of hydrogen-bond acceptors (Lipinski definition) is 3. The Labute approximate surface area is 218 Å². The number of rotatable bonds is 23. The third kappa shape index (κ3) is 17.8. The fourth-order valence-corrected chi connectivity index (χ4v) is 4.53. The first-order valence-corrected chi connectivity index (χ1v) is 14.6. The summed E-state index contributed by atoms with van der Waals surface area (Å²) in [6, 6.07) is 0. The molecule has 0 bridgehead atoms. The molecule has 35 heavy (non-hydrogen) atoms. The predicted octanol–water partition coefficient (Wildman–Crippen LogP) is 9.17. The van der Waals surface area contributed by atoms with Crippen LogP contribution in [-0.4, -0.2) is 44.0 Å². The first kappa shape index (κ1) is 31.9. The van der Waals surface area contributed by atoms with Crippen molar-refractivity contribution in [2.45, 2.75) is 128 Å². The number of ether oxygens (including phenoxy) is 2. The van der Waals surface area contributed by atoms with Crippen LogP contribution in [0.4, 0.5) is 0 Å². The van der Waals surface area contributed by atoms with E-state index in [-0.39, 0.29) is 11.9 Å². The van der Waals surface area contributed by atoms with Crippen LogP contribution < -0.4 is 0 Å². The molecule has 1 saturated heterocycles. The minimum Gasteiger partial charge on any atom is -0.347 e. The molecule has 1 rings (SSSR count). The van der Waals surface area contributed by atoms with Gasteiger partial charge in [0, 0.05) is 19.4 Å². The lowest BCUT2D eigenvalue weighted by atomic mass is 9.99. The van der Waals surface area contributed by atoms with E-state index in [1.165, 1.54) is 70.6 Å². The molecule has 0 N–H and O–H groups in total. The highest BCUT2D eigenvalue weighted by Crippen LogP contribution is 2.35. The van der Waals surface area contributed by atoms with E-state index >= 15 is 0 Å². The zero-order chi connectivity index (χ0) is 25.5. The van der Waals surface area contributed by atoms with Crippen molar-refractivity contribution in [1.82, 2.24) is 4.90 Å². The van der Waals surface area contributed by atoms with Crippen LogP contribution in [0.3, 0.4) is 0 Å². The van der Waals surface area contributed by atoms with Gasteiger partial charge >= 0.3 is 0 Å². The summed E-state index contributed by atoms with van der Waals surface area (Å²) >= 11 is 0. The molecule has 3 heteroatoms. The second-order valence-electron chi connectivity index (χ2n) is 10.4. The van der Waals surface area contributed by atoms with Gasteiger partial charge in [0.2, 0.25) is 0 Å². The van der Waals surface area contributed by atoms with Gasteiger partial charge in [-0.05, 0) is 84.7 Å². The van der Waals surface area contributed by atoms with Gasteiger partial charge in [-0.2, -0.15) is 0 Å². The van der Waals surface area contributed by atoms with Crippen molar-refractivity contribution < 1.29 is 9.47 Å². The van der Waals surface area contributed by atoms with Gasteiger partial charge in [0.1, 0.15) is 0 Å². The zero-order valence-corrected chi connectivity index (χ0v) is 23.5. The van der Waals surface area contributed by atoms with Crippen LogP contribution in [0, 0.1) is 0 Å². The highest BCUT2D eigenvalue weighted by atomic mass is 16.7. The highest BCUT2D eigenvalue weighted by Gasteiger charge is 2.40. The maximum absolute atomic E-state index is 6.53. The Morgan fingerprint density at radius 3 is 1.91 bits per heavy atom. The summed E-state index contributed by atoms with van der Waals surface area (Å²) in [7, 11) is 4.25. The largest absolute Gasteiger partial charge is 0.347 e. The molecule has 2 unspecified atom stereocenters. The van der Waals surface area contributed by atoms with E-state index in [9.17, 15) is 0 Å². The van der Waals surface area contributed by atoms with Crippen molar-refractivity contribution in [3.8, 4) is 0 Å². The molecule has 1 heterocycles. The highest BCUT2D eigenvalue weighted by molar-refractivity contribution is 4.97. The topological polar surface area (TPSA) is 21.7 Å². The quantitative estimate of drug-likeness (QED) is 0.106. The van der Waals surface area contributed by atoms with Crippen LogP contribution in [-0.2, 0) is 9.47 Å². The molecule has 0 aromatic carbocycles. The van der Waals surface area contributed by atoms with Gasteiger partial charge in [0.05, 0.1) is 12.7 Å². The van der Waals surface area contributed by atoms with Gasteiger partial charge in [0.25, 0.3) is 0 Å². The minimum atomic E-state index is -0.337. The normalized spacial score (nSPS) is 20.9. The van der Waals surface area contributed by atoms with E-state index in [1.807, 2.05) is 6.08 Å². The van der Waals surface area contributed by atoms with Gasteiger partial charge in [-0.15, -0.1) is 6.58 Å². The van der Waals surface area contributed by atoms with Crippen LogP contribution >= 0.6 is 0 Å². The van der Waals surface area contributed by atoms with Gasteiger partial charge in [-0.25, -0.2) is 0 Å². The molecule has 1 aliphatic rings. The summed E-state index contributed by atoms with van der Waals surface area (Å²) in [5.74, 6) is -0.337. The Balaban J connectivity index is 2.20. The fraction of sp³-hybridized carbons (Fsp3) is 0.750. The molecule has 0 amide bonds. The van der Waals surface area contributed by atoms with Crippen LogP contribution in [0.1, 0.15) is 116 Å². The third-order valence-electron chi connectivity index (χ3n) is 6.73. The number of nitrogens with zero attached hydrogens (tertiary/aromatic N) is 1. The number of hydrogen-bond donors (Lipinski definition) is 0. The van der Waals surface area contributed by atoms with Crippen LogP contribution in [0.25, 0.3) is 0 Å². The van der Waals surface area contributed by atoms with Gasteiger partial charge in [0.15, 0.2) is 5.79 Å². The molecule has 0 aliphatic carbocycles. The second-order valence-corrected chi connectivity index (χ2v) is 10.4. The third-order valence-corrected chi connectivity index (χ3v) is 6.73. The molecular weight excluding hydrogens is 430 g/mol. The van der Waals surface area contributed by atoms with E-state index in [0.29, 0.717) is 0 Å². The Morgan fingerprint density at radius 2 is 1.34 bits per heavy atom. The van der Waals surface area contributed by atoms with Gasteiger partial charge in [-0.1, -0.05) is 75.1 Å². The van der Waals surface area contributed by atoms with E-state index < -0.39 is 0 Å². The van der Waals surface area contributed by atoms with Crippen molar-refractivity contribution in [3.63, 3.8) is 0 Å². The molecule has 3 nitrogen and oxygen atoms in total. The van der Waals surface area contributed by atoms with Crippen LogP contribution in [0.5, 0.6) is 0 Å². The average Bonchev–Trinajstić information content (AvgIpc) is 3.25. The maximum Gasteiger partial charge on any atom is 0.168 e. The SMILES string of the molecule is C=CCCCCCC1(CCCCC/C=C\C/C=C\C/C=C\CCCCC)OCC(CCN(C)C)O1. The summed E-state index contributed by atoms with van der Waals surface area (Å²) in [4.78, 5) is 2.23. The lowest BCUT2D eigenvalue weighted by molar-refractivity contribution is -0.180. The predicted molar refractivity (Wildman–Crippen MR) is 154 cm³/mol. The lowest BCUT2D eigenvalue weighted by Gasteiger charge is -2.28. The Hall–Kier alpha value is -1.16. The molecule has 2 atom stereocenters. The monoisotopic (exact) mass is 487 g/mol. The van der Waals surface area contributed by atoms with Crippen molar-refractivity contribution in [2.75, 3.05) is 27.2 Å². The molecule has 1 aliphatic heterocycles. The van der Waals surface area contributed by atoms with Crippen LogP contribution in [0.2, 0.25) is 0 Å². The molecule has 0 aromatic rings. The second kappa shape index (κ2) is 22.1. The molecule has 202 valence electrons. The Kier molecular flexibility index (Phi) is 20.1. The summed E-state index contributed by atoms with van der Waals surface area (Å²) in [5, 5.41) is 0. The number of unbranched alkanes of at least 4 members (excludes halogenated alkanes) is 9. The molecule has 0 radical (unpaired) electrons. The van der Waals surface area contributed by atoms with Crippen molar-refractivity contribution >= 4 is 0 Å². The standard InChI is InChI=1S/C32H57NO2/c1-5-7-9-11-12-13-14-15-16-17-18-19-20-21-23-25-28-32(27-24-22-10-8-6-2)34-30-31(35-32)26-29-33(3)4/h6,12-13,15-16,18-19,31H,2,5,7-11,14,17,20-30H2,1,3-4H3/b13-12-,16-15-,19-18-. The Morgan fingerprint density at radius 1 is 0.771 bits per heavy atom. The Bertz CT molecular complexity index is 580. The average molecular weight is 488 g/mol. The minimum absolute atomic E-state index is 0.248. The van der Waals surface area contributed by atoms with E-state index in [4.69, 9.17) is 9.47 Å². The van der Waals surface area contributed by atoms with Gasteiger partial charge < -0.3 is 14.4 Å². The maximum atomic E-state index is 6.53. The van der Waals surface area contributed by atoms with E-state index in [2.05, 4.69) is 69.0 Å².